The zero-order valence-electron chi connectivity index (χ0n) is 13.0. The van der Waals surface area contributed by atoms with Gasteiger partial charge in [-0.05, 0) is 30.2 Å². The number of carbonyl (C=O) groups is 1. The van der Waals surface area contributed by atoms with Gasteiger partial charge in [-0.2, -0.15) is 0 Å². The molecule has 0 radical (unpaired) electrons. The first-order chi connectivity index (χ1) is 12.0. The molecule has 0 aliphatic heterocycles. The van der Waals surface area contributed by atoms with Crippen molar-refractivity contribution in [3.05, 3.63) is 71.2 Å². The van der Waals surface area contributed by atoms with E-state index in [-0.39, 0.29) is 6.42 Å². The summed E-state index contributed by atoms with van der Waals surface area (Å²) in [6, 6.07) is 7.98. The van der Waals surface area contributed by atoms with E-state index in [1.807, 2.05) is 24.3 Å². The number of para-hydroxylation sites is 1. The van der Waals surface area contributed by atoms with Gasteiger partial charge in [0.1, 0.15) is 11.4 Å². The zero-order chi connectivity index (χ0) is 18.0. The highest BCUT2D eigenvalue weighted by molar-refractivity contribution is 5.95. The molecule has 1 atom stereocenters. The Labute approximate surface area is 141 Å². The highest BCUT2D eigenvalue weighted by Gasteiger charge is 2.23. The van der Waals surface area contributed by atoms with Crippen LogP contribution in [-0.2, 0) is 6.42 Å². The van der Waals surface area contributed by atoms with Crippen LogP contribution < -0.4 is 5.32 Å². The monoisotopic (exact) mass is 348 g/mol. The normalized spacial score (nSPS) is 12.3. The third-order valence-electron chi connectivity index (χ3n) is 3.97. The molecule has 1 unspecified atom stereocenters. The standard InChI is InChI=1S/C18H15F3N2O2/c19-13-5-6-14(20)17(21)16(13)18(25)23-11(9-24)7-10-8-22-15-4-2-1-3-12(10)15/h1-6,8,11,22,24H,7,9H2,(H,23,25). The largest absolute Gasteiger partial charge is 0.394 e. The Morgan fingerprint density at radius 3 is 2.60 bits per heavy atom. The molecule has 0 fully saturated rings. The molecule has 0 aliphatic rings. The molecule has 2 aromatic carbocycles. The number of aromatic amines is 1. The number of rotatable bonds is 5. The van der Waals surface area contributed by atoms with E-state index in [2.05, 4.69) is 10.3 Å². The Hall–Kier alpha value is -2.80. The summed E-state index contributed by atoms with van der Waals surface area (Å²) in [7, 11) is 0. The molecule has 25 heavy (non-hydrogen) atoms. The molecular weight excluding hydrogens is 333 g/mol. The summed E-state index contributed by atoms with van der Waals surface area (Å²) >= 11 is 0. The van der Waals surface area contributed by atoms with Crippen LogP contribution in [-0.4, -0.2) is 28.6 Å². The summed E-state index contributed by atoms with van der Waals surface area (Å²) in [6.07, 6.45) is 1.98. The van der Waals surface area contributed by atoms with Gasteiger partial charge >= 0.3 is 0 Å². The number of halogens is 3. The molecule has 0 bridgehead atoms. The van der Waals surface area contributed by atoms with E-state index < -0.39 is 41.6 Å². The van der Waals surface area contributed by atoms with Crippen LogP contribution >= 0.6 is 0 Å². The number of benzene rings is 2. The van der Waals surface area contributed by atoms with Crippen LogP contribution in [0.1, 0.15) is 15.9 Å². The average molecular weight is 348 g/mol. The van der Waals surface area contributed by atoms with Gasteiger partial charge in [0.25, 0.3) is 5.91 Å². The summed E-state index contributed by atoms with van der Waals surface area (Å²) in [5, 5.41) is 12.8. The number of carbonyl (C=O) groups excluding carboxylic acids is 1. The number of hydrogen-bond donors (Lipinski definition) is 3. The second-order valence-corrected chi connectivity index (χ2v) is 5.63. The molecule has 7 heteroatoms. The molecule has 3 N–H and O–H groups in total. The van der Waals surface area contributed by atoms with Gasteiger partial charge < -0.3 is 15.4 Å². The maximum absolute atomic E-state index is 13.7. The quantitative estimate of drug-likeness (QED) is 0.621. The molecule has 3 rings (SSSR count). The van der Waals surface area contributed by atoms with Crippen LogP contribution in [0.2, 0.25) is 0 Å². The number of H-pyrrole nitrogens is 1. The van der Waals surface area contributed by atoms with Gasteiger partial charge in [0.2, 0.25) is 0 Å². The van der Waals surface area contributed by atoms with E-state index in [4.69, 9.17) is 0 Å². The van der Waals surface area contributed by atoms with Crippen molar-refractivity contribution in [3.8, 4) is 0 Å². The number of nitrogens with one attached hydrogen (secondary N) is 2. The first kappa shape index (κ1) is 17.0. The molecule has 0 aliphatic carbocycles. The summed E-state index contributed by atoms with van der Waals surface area (Å²) in [5.41, 5.74) is 0.718. The molecule has 4 nitrogen and oxygen atoms in total. The highest BCUT2D eigenvalue weighted by atomic mass is 19.2. The summed E-state index contributed by atoms with van der Waals surface area (Å²) < 4.78 is 40.6. The van der Waals surface area contributed by atoms with Gasteiger partial charge in [-0.1, -0.05) is 18.2 Å². The molecule has 1 aromatic heterocycles. The van der Waals surface area contributed by atoms with Crippen molar-refractivity contribution >= 4 is 16.8 Å². The Kier molecular flexibility index (Phi) is 4.76. The van der Waals surface area contributed by atoms with Gasteiger partial charge in [0.05, 0.1) is 12.6 Å². The van der Waals surface area contributed by atoms with Crippen LogP contribution in [0, 0.1) is 17.5 Å². The zero-order valence-corrected chi connectivity index (χ0v) is 13.0. The third kappa shape index (κ3) is 3.36. The van der Waals surface area contributed by atoms with Crippen molar-refractivity contribution in [2.75, 3.05) is 6.61 Å². The topological polar surface area (TPSA) is 65.1 Å². The summed E-state index contributed by atoms with van der Waals surface area (Å²) in [6.45, 7) is -0.441. The van der Waals surface area contributed by atoms with Crippen molar-refractivity contribution in [2.45, 2.75) is 12.5 Å². The number of hydrogen-bond acceptors (Lipinski definition) is 2. The van der Waals surface area contributed by atoms with Gasteiger partial charge in [0.15, 0.2) is 11.6 Å². The number of amides is 1. The van der Waals surface area contributed by atoms with Crippen LogP contribution in [0.3, 0.4) is 0 Å². The minimum Gasteiger partial charge on any atom is -0.394 e. The van der Waals surface area contributed by atoms with Crippen LogP contribution in [0.15, 0.2) is 42.6 Å². The van der Waals surface area contributed by atoms with Crippen molar-refractivity contribution < 1.29 is 23.1 Å². The Balaban J connectivity index is 1.81. The molecule has 1 amide bonds. The predicted octanol–water partition coefficient (Wildman–Crippen LogP) is 2.92. The van der Waals surface area contributed by atoms with E-state index in [1.54, 1.807) is 6.20 Å². The van der Waals surface area contributed by atoms with E-state index in [1.165, 1.54) is 0 Å². The molecule has 3 aromatic rings. The predicted molar refractivity (Wildman–Crippen MR) is 86.7 cm³/mol. The van der Waals surface area contributed by atoms with Crippen LogP contribution in [0.25, 0.3) is 10.9 Å². The third-order valence-corrected chi connectivity index (χ3v) is 3.97. The number of aliphatic hydroxyl groups is 1. The van der Waals surface area contributed by atoms with Crippen molar-refractivity contribution in [2.24, 2.45) is 0 Å². The maximum atomic E-state index is 13.7. The fourth-order valence-corrected chi connectivity index (χ4v) is 2.72. The minimum atomic E-state index is -1.55. The minimum absolute atomic E-state index is 0.241. The second-order valence-electron chi connectivity index (χ2n) is 5.63. The van der Waals surface area contributed by atoms with Crippen LogP contribution in [0.4, 0.5) is 13.2 Å². The lowest BCUT2D eigenvalue weighted by atomic mass is 10.0. The fraction of sp³-hybridized carbons (Fsp3) is 0.167. The van der Waals surface area contributed by atoms with Crippen molar-refractivity contribution in [1.82, 2.24) is 10.3 Å². The number of fused-ring (bicyclic) bond motifs is 1. The van der Waals surface area contributed by atoms with E-state index >= 15 is 0 Å². The fourth-order valence-electron chi connectivity index (χ4n) is 2.72. The van der Waals surface area contributed by atoms with Gasteiger partial charge in [0, 0.05) is 17.1 Å². The van der Waals surface area contributed by atoms with E-state index in [0.717, 1.165) is 16.5 Å². The van der Waals surface area contributed by atoms with E-state index in [9.17, 15) is 23.1 Å². The number of aromatic nitrogens is 1. The Morgan fingerprint density at radius 2 is 1.84 bits per heavy atom. The molecule has 0 spiro atoms. The Morgan fingerprint density at radius 1 is 1.12 bits per heavy atom. The highest BCUT2D eigenvalue weighted by Crippen LogP contribution is 2.20. The lowest BCUT2D eigenvalue weighted by molar-refractivity contribution is 0.0907. The lowest BCUT2D eigenvalue weighted by Gasteiger charge is -2.16. The molecule has 0 saturated carbocycles. The van der Waals surface area contributed by atoms with E-state index in [0.29, 0.717) is 12.1 Å². The molecule has 130 valence electrons. The van der Waals surface area contributed by atoms with Gasteiger partial charge in [-0.25, -0.2) is 13.2 Å². The van der Waals surface area contributed by atoms with Crippen LogP contribution in [0.5, 0.6) is 0 Å². The second kappa shape index (κ2) is 6.98. The number of aliphatic hydroxyl groups excluding tert-OH is 1. The van der Waals surface area contributed by atoms with Gasteiger partial charge in [-0.3, -0.25) is 4.79 Å². The first-order valence-electron chi connectivity index (χ1n) is 7.61. The lowest BCUT2D eigenvalue weighted by Crippen LogP contribution is -2.40. The van der Waals surface area contributed by atoms with Crippen molar-refractivity contribution in [1.29, 1.82) is 0 Å². The summed E-state index contributed by atoms with van der Waals surface area (Å²) in [4.78, 5) is 15.2. The average Bonchev–Trinajstić information content (AvgIpc) is 3.01. The SMILES string of the molecule is O=C(NC(CO)Cc1c[nH]c2ccccc12)c1c(F)ccc(F)c1F. The summed E-state index contributed by atoms with van der Waals surface area (Å²) in [5.74, 6) is -5.15. The smallest absolute Gasteiger partial charge is 0.257 e. The maximum Gasteiger partial charge on any atom is 0.257 e. The Bertz CT molecular complexity index is 924. The molecule has 1 heterocycles. The van der Waals surface area contributed by atoms with Crippen molar-refractivity contribution in [3.63, 3.8) is 0 Å². The molecular formula is C18H15F3N2O2. The van der Waals surface area contributed by atoms with Gasteiger partial charge in [-0.15, -0.1) is 0 Å². The molecule has 0 saturated heterocycles. The first-order valence-corrected chi connectivity index (χ1v) is 7.61.